The molecule has 1 aliphatic heterocycles. The van der Waals surface area contributed by atoms with E-state index in [2.05, 4.69) is 0 Å². The van der Waals surface area contributed by atoms with Crippen molar-refractivity contribution < 1.29 is 26.7 Å². The predicted octanol–water partition coefficient (Wildman–Crippen LogP) is 6.33. The van der Waals surface area contributed by atoms with E-state index in [-0.39, 0.29) is 28.3 Å². The number of hydrogen-bond donors (Lipinski definition) is 1. The predicted molar refractivity (Wildman–Crippen MR) is 148 cm³/mol. The average molecular weight is 572 g/mol. The van der Waals surface area contributed by atoms with Crippen molar-refractivity contribution in [3.05, 3.63) is 84.0 Å². The number of aliphatic hydroxyl groups is 1. The molecular weight excluding hydrogens is 539 g/mol. The Morgan fingerprint density at radius 3 is 2.48 bits per heavy atom. The van der Waals surface area contributed by atoms with Crippen LogP contribution < -0.4 is 0 Å². The van der Waals surface area contributed by atoms with E-state index in [4.69, 9.17) is 4.98 Å². The minimum Gasteiger partial charge on any atom is -0.379 e. The number of benzene rings is 2. The van der Waals surface area contributed by atoms with Crippen LogP contribution in [0.2, 0.25) is 0 Å². The summed E-state index contributed by atoms with van der Waals surface area (Å²) in [5.74, 6) is 0.119. The van der Waals surface area contributed by atoms with Crippen molar-refractivity contribution in [2.24, 2.45) is 5.92 Å². The van der Waals surface area contributed by atoms with Crippen LogP contribution in [0.25, 0.3) is 22.4 Å². The van der Waals surface area contributed by atoms with Crippen molar-refractivity contribution in [2.75, 3.05) is 12.8 Å². The molecule has 3 atom stereocenters. The van der Waals surface area contributed by atoms with Gasteiger partial charge in [0.1, 0.15) is 12.1 Å². The zero-order valence-corrected chi connectivity index (χ0v) is 23.4. The smallest absolute Gasteiger partial charge is 0.379 e. The lowest BCUT2D eigenvalue weighted by Crippen LogP contribution is -2.32. The molecule has 0 amide bonds. The van der Waals surface area contributed by atoms with Gasteiger partial charge in [-0.2, -0.15) is 13.2 Å². The summed E-state index contributed by atoms with van der Waals surface area (Å²) in [5, 5.41) is 10.3. The van der Waals surface area contributed by atoms with E-state index >= 15 is 0 Å². The third kappa shape index (κ3) is 5.66. The number of aromatic nitrogens is 2. The maximum atomic E-state index is 14.1. The molecule has 5 rings (SSSR count). The minimum atomic E-state index is -4.53. The van der Waals surface area contributed by atoms with Crippen LogP contribution in [-0.4, -0.2) is 53.2 Å². The maximum Gasteiger partial charge on any atom is 0.416 e. The van der Waals surface area contributed by atoms with Gasteiger partial charge in [-0.1, -0.05) is 43.3 Å². The SMILES string of the molecule is CC1C=C(c2nc([C@H]3CCCN3C(C)O)cn2-c2ccc(-c3cccc(S(C)(=O)=O)c3)cc2)C(C(F)(F)F)=CC1. The molecule has 1 aromatic heterocycles. The van der Waals surface area contributed by atoms with Crippen LogP contribution in [0.3, 0.4) is 0 Å². The minimum absolute atomic E-state index is 0.0454. The topological polar surface area (TPSA) is 75.4 Å². The van der Waals surface area contributed by atoms with E-state index in [9.17, 15) is 26.7 Å². The van der Waals surface area contributed by atoms with Gasteiger partial charge in [0.2, 0.25) is 0 Å². The Hall–Kier alpha value is -3.21. The number of hydrogen-bond acceptors (Lipinski definition) is 5. The summed E-state index contributed by atoms with van der Waals surface area (Å²) >= 11 is 0. The number of aliphatic hydroxyl groups excluding tert-OH is 1. The van der Waals surface area contributed by atoms with Crippen LogP contribution in [0.4, 0.5) is 13.2 Å². The van der Waals surface area contributed by atoms with Crippen LogP contribution in [0, 0.1) is 5.92 Å². The van der Waals surface area contributed by atoms with Crippen molar-refractivity contribution in [1.82, 2.24) is 14.5 Å². The largest absolute Gasteiger partial charge is 0.416 e. The number of alkyl halides is 3. The summed E-state index contributed by atoms with van der Waals surface area (Å²) in [6.45, 7) is 4.24. The fourth-order valence-corrected chi connectivity index (χ4v) is 6.21. The van der Waals surface area contributed by atoms with Gasteiger partial charge < -0.3 is 5.11 Å². The summed E-state index contributed by atoms with van der Waals surface area (Å²) in [7, 11) is -3.38. The van der Waals surface area contributed by atoms with Gasteiger partial charge in [0.15, 0.2) is 9.84 Å². The first kappa shape index (κ1) is 28.3. The third-order valence-corrected chi connectivity index (χ3v) is 8.67. The van der Waals surface area contributed by atoms with Gasteiger partial charge in [-0.05, 0) is 67.5 Å². The van der Waals surface area contributed by atoms with Gasteiger partial charge in [0, 0.05) is 30.3 Å². The summed E-state index contributed by atoms with van der Waals surface area (Å²) in [6, 6.07) is 13.6. The molecule has 212 valence electrons. The monoisotopic (exact) mass is 571 g/mol. The van der Waals surface area contributed by atoms with Gasteiger partial charge in [-0.15, -0.1) is 0 Å². The zero-order valence-electron chi connectivity index (χ0n) is 22.6. The van der Waals surface area contributed by atoms with Crippen molar-refractivity contribution in [3.8, 4) is 16.8 Å². The van der Waals surface area contributed by atoms with E-state index in [1.807, 2.05) is 30.0 Å². The summed E-state index contributed by atoms with van der Waals surface area (Å²) in [5.41, 5.74) is 2.07. The number of sulfone groups is 1. The average Bonchev–Trinajstić information content (AvgIpc) is 3.55. The molecule has 0 spiro atoms. The molecule has 0 saturated carbocycles. The van der Waals surface area contributed by atoms with Gasteiger partial charge in [-0.25, -0.2) is 13.4 Å². The molecule has 2 aliphatic rings. The van der Waals surface area contributed by atoms with Crippen LogP contribution in [0.5, 0.6) is 0 Å². The van der Waals surface area contributed by atoms with Crippen molar-refractivity contribution >= 4 is 15.4 Å². The van der Waals surface area contributed by atoms with Gasteiger partial charge >= 0.3 is 6.18 Å². The third-order valence-electron chi connectivity index (χ3n) is 7.56. The van der Waals surface area contributed by atoms with Crippen molar-refractivity contribution in [1.29, 1.82) is 0 Å². The molecule has 6 nitrogen and oxygen atoms in total. The van der Waals surface area contributed by atoms with E-state index in [1.165, 1.54) is 12.1 Å². The highest BCUT2D eigenvalue weighted by atomic mass is 32.2. The molecule has 1 saturated heterocycles. The summed E-state index contributed by atoms with van der Waals surface area (Å²) in [4.78, 5) is 6.89. The van der Waals surface area contributed by atoms with Crippen LogP contribution in [0.1, 0.15) is 50.7 Å². The Labute approximate surface area is 232 Å². The Morgan fingerprint density at radius 2 is 1.82 bits per heavy atom. The molecule has 1 fully saturated rings. The van der Waals surface area contributed by atoms with Crippen molar-refractivity contribution in [2.45, 2.75) is 56.5 Å². The van der Waals surface area contributed by atoms with Gasteiger partial charge in [0.25, 0.3) is 0 Å². The van der Waals surface area contributed by atoms with Crippen LogP contribution in [0.15, 0.2) is 77.3 Å². The van der Waals surface area contributed by atoms with E-state index < -0.39 is 27.8 Å². The first-order valence-corrected chi connectivity index (χ1v) is 15.2. The molecule has 2 aromatic carbocycles. The second-order valence-corrected chi connectivity index (χ2v) is 12.7. The lowest BCUT2D eigenvalue weighted by molar-refractivity contribution is -0.0876. The van der Waals surface area contributed by atoms with Gasteiger partial charge in [-0.3, -0.25) is 9.47 Å². The molecule has 3 aromatic rings. The molecule has 10 heteroatoms. The van der Waals surface area contributed by atoms with Crippen molar-refractivity contribution in [3.63, 3.8) is 0 Å². The molecule has 40 heavy (non-hydrogen) atoms. The number of halogens is 3. The molecular formula is C30H32F3N3O3S. The van der Waals surface area contributed by atoms with E-state index in [1.54, 1.807) is 48.0 Å². The number of likely N-dealkylation sites (tertiary alicyclic amines) is 1. The number of nitrogens with zero attached hydrogens (tertiary/aromatic N) is 3. The molecule has 2 heterocycles. The molecule has 1 N–H and O–H groups in total. The lowest BCUT2D eigenvalue weighted by Gasteiger charge is -2.25. The Balaban J connectivity index is 1.61. The number of imidazole rings is 1. The fraction of sp³-hybridized carbons (Fsp3) is 0.367. The first-order valence-electron chi connectivity index (χ1n) is 13.3. The highest BCUT2D eigenvalue weighted by Crippen LogP contribution is 2.42. The summed E-state index contributed by atoms with van der Waals surface area (Å²) < 4.78 is 68.2. The normalized spacial score (nSPS) is 21.3. The first-order chi connectivity index (χ1) is 18.8. The Morgan fingerprint density at radius 1 is 1.10 bits per heavy atom. The van der Waals surface area contributed by atoms with E-state index in [0.717, 1.165) is 24.7 Å². The highest BCUT2D eigenvalue weighted by molar-refractivity contribution is 7.90. The van der Waals surface area contributed by atoms with Crippen LogP contribution >= 0.6 is 0 Å². The molecule has 1 aliphatic carbocycles. The number of allylic oxidation sites excluding steroid dienone is 4. The fourth-order valence-electron chi connectivity index (χ4n) is 5.54. The second kappa shape index (κ2) is 10.6. The zero-order chi connectivity index (χ0) is 28.8. The summed E-state index contributed by atoms with van der Waals surface area (Å²) in [6.07, 6.45) is 2.46. The highest BCUT2D eigenvalue weighted by Gasteiger charge is 2.40. The maximum absolute atomic E-state index is 14.1. The second-order valence-electron chi connectivity index (χ2n) is 10.6. The molecule has 0 bridgehead atoms. The molecule has 0 radical (unpaired) electrons. The van der Waals surface area contributed by atoms with Crippen LogP contribution in [-0.2, 0) is 9.84 Å². The lowest BCUT2D eigenvalue weighted by atomic mass is 9.90. The Bertz CT molecular complexity index is 1570. The molecule has 2 unspecified atom stereocenters. The van der Waals surface area contributed by atoms with E-state index in [0.29, 0.717) is 29.9 Å². The number of rotatable bonds is 6. The standard InChI is InChI=1S/C30H32F3N3O3S/c1-19-9-14-26(30(31,32)33)25(16-19)29-34-27(28-8-5-15-35(28)20(2)37)18-36(29)23-12-10-21(11-13-23)22-6-4-7-24(17-22)40(3,38)39/h4,6-7,10-14,16-20,28,37H,5,8-9,15H2,1-3H3/t19?,20?,28-/m1/s1. The van der Waals surface area contributed by atoms with Gasteiger partial charge in [0.05, 0.1) is 22.2 Å². The quantitative estimate of drug-likeness (QED) is 0.374. The Kier molecular flexibility index (Phi) is 7.54.